The number of hydrogen-bond acceptors (Lipinski definition) is 5. The first-order valence-electron chi connectivity index (χ1n) is 4.50. The topological polar surface area (TPSA) is 60.2 Å². The van der Waals surface area contributed by atoms with E-state index in [-0.39, 0.29) is 0 Å². The van der Waals surface area contributed by atoms with Crippen molar-refractivity contribution in [2.75, 3.05) is 12.5 Å². The zero-order chi connectivity index (χ0) is 11.5. The van der Waals surface area contributed by atoms with Crippen LogP contribution < -0.4 is 16.0 Å². The lowest BCUT2D eigenvalue weighted by molar-refractivity contribution is 0.415. The zero-order valence-electron chi connectivity index (χ0n) is 8.53. The van der Waals surface area contributed by atoms with Crippen molar-refractivity contribution in [2.24, 2.45) is 5.84 Å². The van der Waals surface area contributed by atoms with Crippen LogP contribution in [0.1, 0.15) is 0 Å². The number of hydrazine groups is 1. The Hall–Kier alpha value is -1.30. The Balaban J connectivity index is 2.40. The molecule has 0 amide bonds. The van der Waals surface area contributed by atoms with E-state index < -0.39 is 0 Å². The molecule has 4 nitrogen and oxygen atoms in total. The summed E-state index contributed by atoms with van der Waals surface area (Å²) in [4.78, 5) is 4.27. The van der Waals surface area contributed by atoms with E-state index in [1.165, 1.54) is 11.3 Å². The van der Waals surface area contributed by atoms with Crippen molar-refractivity contribution in [3.05, 3.63) is 28.6 Å². The van der Waals surface area contributed by atoms with Gasteiger partial charge in [-0.15, -0.1) is 11.3 Å². The summed E-state index contributed by atoms with van der Waals surface area (Å²) in [6.45, 7) is 0. The summed E-state index contributed by atoms with van der Waals surface area (Å²) in [6, 6.07) is 5.48. The van der Waals surface area contributed by atoms with Gasteiger partial charge in [0.25, 0.3) is 0 Å². The summed E-state index contributed by atoms with van der Waals surface area (Å²) in [5.41, 5.74) is 3.36. The molecular weight excluding hydrogens is 246 g/mol. The molecule has 0 saturated heterocycles. The second-order valence-electron chi connectivity index (χ2n) is 3.03. The van der Waals surface area contributed by atoms with Crippen molar-refractivity contribution in [2.45, 2.75) is 0 Å². The van der Waals surface area contributed by atoms with E-state index in [0.29, 0.717) is 10.8 Å². The van der Waals surface area contributed by atoms with Gasteiger partial charge in [-0.3, -0.25) is 0 Å². The number of methoxy groups -OCH3 is 1. The maximum Gasteiger partial charge on any atom is 0.151 e. The molecule has 0 bridgehead atoms. The van der Waals surface area contributed by atoms with E-state index in [9.17, 15) is 0 Å². The lowest BCUT2D eigenvalue weighted by Gasteiger charge is -2.03. The number of anilines is 1. The molecular formula is C10H10ClN3OS. The second-order valence-corrected chi connectivity index (χ2v) is 4.29. The Morgan fingerprint density at radius 2 is 2.31 bits per heavy atom. The largest absolute Gasteiger partial charge is 0.497 e. The quantitative estimate of drug-likeness (QED) is 0.654. The van der Waals surface area contributed by atoms with Gasteiger partial charge in [-0.1, -0.05) is 11.6 Å². The average molecular weight is 256 g/mol. The minimum absolute atomic E-state index is 0.609. The summed E-state index contributed by atoms with van der Waals surface area (Å²) in [7, 11) is 1.60. The van der Waals surface area contributed by atoms with Crippen LogP contribution in [-0.4, -0.2) is 12.1 Å². The Kier molecular flexibility index (Phi) is 3.28. The van der Waals surface area contributed by atoms with Crippen molar-refractivity contribution in [1.82, 2.24) is 4.98 Å². The number of rotatable bonds is 3. The Labute approximate surface area is 102 Å². The van der Waals surface area contributed by atoms with Crippen molar-refractivity contribution in [3.8, 4) is 16.3 Å². The third-order valence-corrected chi connectivity index (χ3v) is 3.25. The minimum atomic E-state index is 0.609. The molecule has 1 aromatic heterocycles. The fourth-order valence-electron chi connectivity index (χ4n) is 1.26. The van der Waals surface area contributed by atoms with Crippen LogP contribution in [0.25, 0.3) is 10.6 Å². The SMILES string of the molecule is COc1ccc(-c2nc(NN)cs2)c(Cl)c1. The molecule has 0 fully saturated rings. The van der Waals surface area contributed by atoms with Crippen LogP contribution in [0.5, 0.6) is 5.75 Å². The van der Waals surface area contributed by atoms with Gasteiger partial charge in [0.2, 0.25) is 0 Å². The molecule has 16 heavy (non-hydrogen) atoms. The zero-order valence-corrected chi connectivity index (χ0v) is 10.1. The van der Waals surface area contributed by atoms with Gasteiger partial charge in [0.05, 0.1) is 12.1 Å². The lowest BCUT2D eigenvalue weighted by atomic mass is 10.2. The Morgan fingerprint density at radius 3 is 2.88 bits per heavy atom. The molecule has 0 saturated carbocycles. The molecule has 0 aliphatic rings. The molecule has 84 valence electrons. The van der Waals surface area contributed by atoms with E-state index in [2.05, 4.69) is 10.4 Å². The average Bonchev–Trinajstić information content (AvgIpc) is 2.77. The van der Waals surface area contributed by atoms with E-state index >= 15 is 0 Å². The smallest absolute Gasteiger partial charge is 0.151 e. The van der Waals surface area contributed by atoms with Gasteiger partial charge < -0.3 is 10.2 Å². The molecule has 6 heteroatoms. The van der Waals surface area contributed by atoms with Crippen LogP contribution in [-0.2, 0) is 0 Å². The van der Waals surface area contributed by atoms with Crippen LogP contribution in [0.2, 0.25) is 5.02 Å². The molecule has 1 aromatic carbocycles. The first-order chi connectivity index (χ1) is 7.74. The first kappa shape index (κ1) is 11.2. The van der Waals surface area contributed by atoms with Crippen LogP contribution in [0.3, 0.4) is 0 Å². The second kappa shape index (κ2) is 4.69. The van der Waals surface area contributed by atoms with Crippen LogP contribution in [0.15, 0.2) is 23.6 Å². The fraction of sp³-hybridized carbons (Fsp3) is 0.100. The Morgan fingerprint density at radius 1 is 1.50 bits per heavy atom. The van der Waals surface area contributed by atoms with Crippen molar-refractivity contribution < 1.29 is 4.74 Å². The van der Waals surface area contributed by atoms with E-state index in [1.54, 1.807) is 13.2 Å². The van der Waals surface area contributed by atoms with Gasteiger partial charge in [-0.2, -0.15) is 0 Å². The van der Waals surface area contributed by atoms with Gasteiger partial charge >= 0.3 is 0 Å². The molecule has 0 radical (unpaired) electrons. The highest BCUT2D eigenvalue weighted by molar-refractivity contribution is 7.13. The summed E-state index contributed by atoms with van der Waals surface area (Å²) < 4.78 is 5.08. The maximum absolute atomic E-state index is 6.13. The summed E-state index contributed by atoms with van der Waals surface area (Å²) in [6.07, 6.45) is 0. The number of nitrogens with one attached hydrogen (secondary N) is 1. The maximum atomic E-state index is 6.13. The Bertz CT molecular complexity index is 501. The number of thiazole rings is 1. The molecule has 0 unspecified atom stereocenters. The number of ether oxygens (including phenoxy) is 1. The van der Waals surface area contributed by atoms with Crippen molar-refractivity contribution in [1.29, 1.82) is 0 Å². The van der Waals surface area contributed by atoms with Crippen LogP contribution in [0, 0.1) is 0 Å². The number of hydrogen-bond donors (Lipinski definition) is 2. The molecule has 0 atom stereocenters. The molecule has 3 N–H and O–H groups in total. The lowest BCUT2D eigenvalue weighted by Crippen LogP contribution is -2.06. The molecule has 0 aliphatic heterocycles. The van der Waals surface area contributed by atoms with Crippen molar-refractivity contribution in [3.63, 3.8) is 0 Å². The van der Waals surface area contributed by atoms with Gasteiger partial charge in [-0.05, 0) is 18.2 Å². The van der Waals surface area contributed by atoms with Crippen molar-refractivity contribution >= 4 is 28.8 Å². The predicted octanol–water partition coefficient (Wildman–Crippen LogP) is 2.76. The number of nitrogens with zero attached hydrogens (tertiary/aromatic N) is 1. The third kappa shape index (κ3) is 2.11. The molecule has 2 rings (SSSR count). The summed E-state index contributed by atoms with van der Waals surface area (Å²) in [5, 5.41) is 3.26. The summed E-state index contributed by atoms with van der Waals surface area (Å²) in [5.74, 6) is 6.62. The first-order valence-corrected chi connectivity index (χ1v) is 5.76. The third-order valence-electron chi connectivity index (χ3n) is 2.06. The summed E-state index contributed by atoms with van der Waals surface area (Å²) >= 11 is 7.61. The van der Waals surface area contributed by atoms with Gasteiger partial charge in [0, 0.05) is 10.9 Å². The van der Waals surface area contributed by atoms with Gasteiger partial charge in [-0.25, -0.2) is 10.8 Å². The predicted molar refractivity (Wildman–Crippen MR) is 66.9 cm³/mol. The highest BCUT2D eigenvalue weighted by atomic mass is 35.5. The van der Waals surface area contributed by atoms with Crippen LogP contribution >= 0.6 is 22.9 Å². The number of nitrogen functional groups attached to an aromatic ring is 1. The van der Waals surface area contributed by atoms with Gasteiger partial charge in [0.1, 0.15) is 10.8 Å². The van der Waals surface area contributed by atoms with E-state index in [1.807, 2.05) is 17.5 Å². The normalized spacial score (nSPS) is 10.2. The molecule has 1 heterocycles. The molecule has 2 aromatic rings. The molecule has 0 aliphatic carbocycles. The minimum Gasteiger partial charge on any atom is -0.497 e. The van der Waals surface area contributed by atoms with E-state index in [0.717, 1.165) is 16.3 Å². The van der Waals surface area contributed by atoms with Gasteiger partial charge in [0.15, 0.2) is 5.82 Å². The fourth-order valence-corrected chi connectivity index (χ4v) is 2.38. The van der Waals surface area contributed by atoms with E-state index in [4.69, 9.17) is 22.2 Å². The number of nitrogens with two attached hydrogens (primary N) is 1. The number of halogens is 1. The molecule has 0 spiro atoms. The highest BCUT2D eigenvalue weighted by Gasteiger charge is 2.09. The number of aromatic nitrogens is 1. The number of benzene rings is 1. The highest BCUT2D eigenvalue weighted by Crippen LogP contribution is 2.33. The van der Waals surface area contributed by atoms with Crippen LogP contribution in [0.4, 0.5) is 5.82 Å². The monoisotopic (exact) mass is 255 g/mol. The standard InChI is InChI=1S/C10H10ClN3OS/c1-15-6-2-3-7(8(11)4-6)10-13-9(14-12)5-16-10/h2-5,14H,12H2,1H3.